The summed E-state index contributed by atoms with van der Waals surface area (Å²) in [5, 5.41) is 3.59. The van der Waals surface area contributed by atoms with Crippen molar-refractivity contribution in [2.75, 3.05) is 19.9 Å². The van der Waals surface area contributed by atoms with Crippen LogP contribution in [0.1, 0.15) is 26.7 Å². The molecule has 4 atom stereocenters. The van der Waals surface area contributed by atoms with Gasteiger partial charge >= 0.3 is 0 Å². The normalized spacial score (nSPS) is 43.3. The summed E-state index contributed by atoms with van der Waals surface area (Å²) in [7, 11) is 0. The molecule has 14 heavy (non-hydrogen) atoms. The van der Waals surface area contributed by atoms with Gasteiger partial charge in [-0.2, -0.15) is 0 Å². The van der Waals surface area contributed by atoms with Crippen molar-refractivity contribution in [1.29, 1.82) is 0 Å². The van der Waals surface area contributed by atoms with Gasteiger partial charge in [0.15, 0.2) is 0 Å². The molecule has 3 heteroatoms. The number of nitrogens with one attached hydrogen (secondary N) is 1. The quantitative estimate of drug-likeness (QED) is 0.745. The van der Waals surface area contributed by atoms with Gasteiger partial charge in [-0.25, -0.2) is 0 Å². The first kappa shape index (κ1) is 10.4. The van der Waals surface area contributed by atoms with Crippen LogP contribution in [0.4, 0.5) is 0 Å². The lowest BCUT2D eigenvalue weighted by atomic mass is 9.71. The average molecular weight is 199 g/mol. The van der Waals surface area contributed by atoms with E-state index in [0.29, 0.717) is 12.9 Å². The largest absolute Gasteiger partial charge is 0.355 e. The summed E-state index contributed by atoms with van der Waals surface area (Å²) in [6.45, 7) is 6.97. The fourth-order valence-electron chi connectivity index (χ4n) is 2.24. The van der Waals surface area contributed by atoms with E-state index in [-0.39, 0.29) is 0 Å². The fourth-order valence-corrected chi connectivity index (χ4v) is 2.24. The van der Waals surface area contributed by atoms with Gasteiger partial charge in [0, 0.05) is 12.6 Å². The van der Waals surface area contributed by atoms with Crippen LogP contribution in [0.25, 0.3) is 0 Å². The molecule has 0 bridgehead atoms. The number of hydrogen-bond donors (Lipinski definition) is 1. The van der Waals surface area contributed by atoms with Crippen LogP contribution >= 0.6 is 0 Å². The molecule has 4 unspecified atom stereocenters. The van der Waals surface area contributed by atoms with E-state index in [0.717, 1.165) is 37.5 Å². The molecular weight excluding hydrogens is 178 g/mol. The third-order valence-electron chi connectivity index (χ3n) is 3.74. The highest BCUT2D eigenvalue weighted by molar-refractivity contribution is 4.89. The number of rotatable bonds is 3. The minimum absolute atomic E-state index is 0.367. The molecule has 1 aliphatic carbocycles. The highest BCUT2D eigenvalue weighted by Crippen LogP contribution is 2.33. The van der Waals surface area contributed by atoms with E-state index in [9.17, 15) is 0 Å². The van der Waals surface area contributed by atoms with Crippen molar-refractivity contribution in [1.82, 2.24) is 5.32 Å². The molecule has 2 rings (SSSR count). The van der Waals surface area contributed by atoms with Crippen LogP contribution in [-0.2, 0) is 9.47 Å². The maximum absolute atomic E-state index is 5.47. The predicted molar refractivity (Wildman–Crippen MR) is 55.0 cm³/mol. The van der Waals surface area contributed by atoms with Gasteiger partial charge in [-0.05, 0) is 24.7 Å². The molecule has 0 aromatic rings. The van der Waals surface area contributed by atoms with Gasteiger partial charge in [-0.15, -0.1) is 0 Å². The molecule has 0 radical (unpaired) electrons. The predicted octanol–water partition coefficient (Wildman–Crippen LogP) is 1.38. The lowest BCUT2D eigenvalue weighted by Gasteiger charge is -2.42. The van der Waals surface area contributed by atoms with Gasteiger partial charge in [0.05, 0.1) is 12.7 Å². The first-order valence-electron chi connectivity index (χ1n) is 5.70. The summed E-state index contributed by atoms with van der Waals surface area (Å²) >= 11 is 0. The Bertz CT molecular complexity index is 175. The van der Waals surface area contributed by atoms with Crippen molar-refractivity contribution >= 4 is 0 Å². The second-order valence-corrected chi connectivity index (χ2v) is 4.69. The molecule has 1 saturated heterocycles. The Balaban J connectivity index is 1.62. The molecule has 82 valence electrons. The molecule has 0 aromatic carbocycles. The SMILES string of the molecule is CC1CC(NCC2CCOCO2)C1C. The van der Waals surface area contributed by atoms with Crippen molar-refractivity contribution in [2.24, 2.45) is 11.8 Å². The van der Waals surface area contributed by atoms with Crippen molar-refractivity contribution in [3.63, 3.8) is 0 Å². The highest BCUT2D eigenvalue weighted by atomic mass is 16.7. The number of hydrogen-bond acceptors (Lipinski definition) is 3. The fraction of sp³-hybridized carbons (Fsp3) is 1.00. The summed E-state index contributed by atoms with van der Waals surface area (Å²) in [6, 6.07) is 0.719. The van der Waals surface area contributed by atoms with Gasteiger partial charge in [-0.1, -0.05) is 13.8 Å². The summed E-state index contributed by atoms with van der Waals surface area (Å²) in [5.41, 5.74) is 0. The summed E-state index contributed by atoms with van der Waals surface area (Å²) in [4.78, 5) is 0. The Morgan fingerprint density at radius 2 is 2.21 bits per heavy atom. The van der Waals surface area contributed by atoms with Crippen LogP contribution in [0.5, 0.6) is 0 Å². The number of ether oxygens (including phenoxy) is 2. The highest BCUT2D eigenvalue weighted by Gasteiger charge is 2.34. The first-order chi connectivity index (χ1) is 6.77. The molecule has 1 N–H and O–H groups in total. The Kier molecular flexibility index (Phi) is 3.42. The zero-order valence-electron chi connectivity index (χ0n) is 9.16. The average Bonchev–Trinajstić information content (AvgIpc) is 2.25. The standard InChI is InChI=1S/C11H21NO2/c1-8-5-11(9(8)2)12-6-10-3-4-13-7-14-10/h8-12H,3-7H2,1-2H3. The molecule has 0 spiro atoms. The third kappa shape index (κ3) is 2.27. The molecule has 0 amide bonds. The Morgan fingerprint density at radius 1 is 1.36 bits per heavy atom. The van der Waals surface area contributed by atoms with Crippen molar-refractivity contribution in [3.05, 3.63) is 0 Å². The second-order valence-electron chi connectivity index (χ2n) is 4.69. The molecule has 1 aliphatic heterocycles. The maximum Gasteiger partial charge on any atom is 0.147 e. The Morgan fingerprint density at radius 3 is 2.79 bits per heavy atom. The summed E-state index contributed by atoms with van der Waals surface area (Å²) in [5.74, 6) is 1.72. The van der Waals surface area contributed by atoms with Crippen molar-refractivity contribution in [3.8, 4) is 0 Å². The molecule has 2 fully saturated rings. The van der Waals surface area contributed by atoms with E-state index >= 15 is 0 Å². The topological polar surface area (TPSA) is 30.5 Å². The van der Waals surface area contributed by atoms with Crippen LogP contribution in [-0.4, -0.2) is 32.1 Å². The Hall–Kier alpha value is -0.120. The lowest BCUT2D eigenvalue weighted by molar-refractivity contribution is -0.138. The molecule has 3 nitrogen and oxygen atoms in total. The smallest absolute Gasteiger partial charge is 0.147 e. The summed E-state index contributed by atoms with van der Waals surface area (Å²) in [6.07, 6.45) is 2.72. The molecule has 1 heterocycles. The van der Waals surface area contributed by atoms with Gasteiger partial charge in [0.2, 0.25) is 0 Å². The Labute approximate surface area is 86.2 Å². The van der Waals surface area contributed by atoms with Gasteiger partial charge in [0.25, 0.3) is 0 Å². The van der Waals surface area contributed by atoms with Crippen LogP contribution in [0.2, 0.25) is 0 Å². The molecular formula is C11H21NO2. The van der Waals surface area contributed by atoms with Gasteiger partial charge in [-0.3, -0.25) is 0 Å². The van der Waals surface area contributed by atoms with E-state index < -0.39 is 0 Å². The van der Waals surface area contributed by atoms with Crippen LogP contribution in [0.3, 0.4) is 0 Å². The van der Waals surface area contributed by atoms with E-state index in [1.807, 2.05) is 0 Å². The first-order valence-corrected chi connectivity index (χ1v) is 5.70. The molecule has 1 saturated carbocycles. The lowest BCUT2D eigenvalue weighted by Crippen LogP contribution is -2.50. The minimum atomic E-state index is 0.367. The molecule has 2 aliphatic rings. The van der Waals surface area contributed by atoms with Crippen LogP contribution in [0, 0.1) is 11.8 Å². The van der Waals surface area contributed by atoms with E-state index in [1.165, 1.54) is 6.42 Å². The van der Waals surface area contributed by atoms with Gasteiger partial charge < -0.3 is 14.8 Å². The van der Waals surface area contributed by atoms with Crippen LogP contribution in [0.15, 0.2) is 0 Å². The minimum Gasteiger partial charge on any atom is -0.355 e. The van der Waals surface area contributed by atoms with E-state index in [2.05, 4.69) is 19.2 Å². The zero-order chi connectivity index (χ0) is 9.97. The van der Waals surface area contributed by atoms with Gasteiger partial charge in [0.1, 0.15) is 6.79 Å². The third-order valence-corrected chi connectivity index (χ3v) is 3.74. The van der Waals surface area contributed by atoms with Crippen molar-refractivity contribution in [2.45, 2.75) is 38.8 Å². The van der Waals surface area contributed by atoms with E-state index in [4.69, 9.17) is 9.47 Å². The summed E-state index contributed by atoms with van der Waals surface area (Å²) < 4.78 is 10.6. The van der Waals surface area contributed by atoms with Crippen molar-refractivity contribution < 1.29 is 9.47 Å². The monoisotopic (exact) mass is 199 g/mol. The second kappa shape index (κ2) is 4.60. The zero-order valence-corrected chi connectivity index (χ0v) is 9.16. The van der Waals surface area contributed by atoms with E-state index in [1.54, 1.807) is 0 Å². The van der Waals surface area contributed by atoms with Crippen LogP contribution < -0.4 is 5.32 Å². The molecule has 0 aromatic heterocycles. The maximum atomic E-state index is 5.47.